The van der Waals surface area contributed by atoms with Crippen molar-refractivity contribution in [3.63, 3.8) is 0 Å². The van der Waals surface area contributed by atoms with Crippen molar-refractivity contribution < 1.29 is 55.4 Å². The molecular weight excluding hydrogens is 320 g/mol. The standard InChI is InChI=1S/C12H22O11/c13-1-3-5(15)7(17)9(19)11(22-3)12(21)10(20)8(18)6(16)4(2-14)23-12/h3-11,13-21H,1-2H2/t3-,4-,5-,6-,7+,8+,9-,10-,11+,12-/m1/s1. The highest BCUT2D eigenvalue weighted by Crippen LogP contribution is 2.37. The Balaban J connectivity index is 2.33. The van der Waals surface area contributed by atoms with Gasteiger partial charge < -0.3 is 55.4 Å². The number of hydrogen-bond acceptors (Lipinski definition) is 11. The molecular formula is C12H22O11. The lowest BCUT2D eigenvalue weighted by Gasteiger charge is -2.52. The average Bonchev–Trinajstić information content (AvgIpc) is 2.54. The van der Waals surface area contributed by atoms with Gasteiger partial charge in [-0.25, -0.2) is 0 Å². The molecule has 0 unspecified atom stereocenters. The molecule has 11 nitrogen and oxygen atoms in total. The van der Waals surface area contributed by atoms with Crippen molar-refractivity contribution in [2.75, 3.05) is 13.2 Å². The first-order valence-electron chi connectivity index (χ1n) is 7.04. The summed E-state index contributed by atoms with van der Waals surface area (Å²) in [6, 6.07) is 0. The molecule has 23 heavy (non-hydrogen) atoms. The summed E-state index contributed by atoms with van der Waals surface area (Å²) >= 11 is 0. The third-order valence-corrected chi connectivity index (χ3v) is 4.30. The van der Waals surface area contributed by atoms with Crippen molar-refractivity contribution in [1.82, 2.24) is 0 Å². The fraction of sp³-hybridized carbons (Fsp3) is 1.00. The molecule has 2 rings (SSSR count). The summed E-state index contributed by atoms with van der Waals surface area (Å²) in [6.45, 7) is -1.60. The van der Waals surface area contributed by atoms with Gasteiger partial charge in [-0.2, -0.15) is 0 Å². The third-order valence-electron chi connectivity index (χ3n) is 4.30. The van der Waals surface area contributed by atoms with Crippen molar-refractivity contribution in [3.05, 3.63) is 0 Å². The maximum absolute atomic E-state index is 10.5. The first kappa shape index (κ1) is 18.9. The summed E-state index contributed by atoms with van der Waals surface area (Å²) in [6.07, 6.45) is -16.1. The molecule has 0 saturated carbocycles. The van der Waals surface area contributed by atoms with Crippen LogP contribution in [-0.4, -0.2) is 120 Å². The summed E-state index contributed by atoms with van der Waals surface area (Å²) < 4.78 is 10.1. The molecule has 0 aromatic heterocycles. The number of aliphatic hydroxyl groups excluding tert-OH is 8. The molecule has 0 bridgehead atoms. The van der Waals surface area contributed by atoms with Crippen LogP contribution in [0.1, 0.15) is 0 Å². The van der Waals surface area contributed by atoms with Crippen LogP contribution < -0.4 is 0 Å². The van der Waals surface area contributed by atoms with Gasteiger partial charge in [-0.3, -0.25) is 0 Å². The first-order chi connectivity index (χ1) is 10.7. The minimum Gasteiger partial charge on any atom is -0.394 e. The van der Waals surface area contributed by atoms with Gasteiger partial charge in [0.25, 0.3) is 0 Å². The Kier molecular flexibility index (Phi) is 5.60. The fourth-order valence-electron chi connectivity index (χ4n) is 2.86. The van der Waals surface area contributed by atoms with Crippen molar-refractivity contribution in [2.24, 2.45) is 0 Å². The Labute approximate surface area is 130 Å². The Hall–Kier alpha value is -0.440. The molecule has 0 spiro atoms. The van der Waals surface area contributed by atoms with Gasteiger partial charge >= 0.3 is 0 Å². The molecule has 0 amide bonds. The van der Waals surface area contributed by atoms with E-state index in [1.54, 1.807) is 0 Å². The van der Waals surface area contributed by atoms with E-state index in [1.807, 2.05) is 0 Å². The molecule has 2 aliphatic heterocycles. The smallest absolute Gasteiger partial charge is 0.225 e. The quantitative estimate of drug-likeness (QED) is 0.236. The second-order valence-corrected chi connectivity index (χ2v) is 5.77. The minimum atomic E-state index is -2.82. The largest absolute Gasteiger partial charge is 0.394 e. The summed E-state index contributed by atoms with van der Waals surface area (Å²) in [5, 5.41) is 87.7. The van der Waals surface area contributed by atoms with Crippen LogP contribution in [0.5, 0.6) is 0 Å². The zero-order valence-corrected chi connectivity index (χ0v) is 12.0. The molecule has 2 aliphatic rings. The number of rotatable bonds is 3. The van der Waals surface area contributed by atoms with E-state index >= 15 is 0 Å². The van der Waals surface area contributed by atoms with Crippen LogP contribution in [-0.2, 0) is 9.47 Å². The molecule has 0 aliphatic carbocycles. The van der Waals surface area contributed by atoms with Gasteiger partial charge in [-0.15, -0.1) is 0 Å². The second kappa shape index (κ2) is 6.82. The van der Waals surface area contributed by atoms with Gasteiger partial charge in [0.2, 0.25) is 5.79 Å². The van der Waals surface area contributed by atoms with Gasteiger partial charge in [-0.1, -0.05) is 0 Å². The van der Waals surface area contributed by atoms with Crippen LogP contribution in [0.4, 0.5) is 0 Å². The van der Waals surface area contributed by atoms with Crippen LogP contribution in [0.2, 0.25) is 0 Å². The maximum atomic E-state index is 10.5. The lowest BCUT2D eigenvalue weighted by Crippen LogP contribution is -2.75. The Bertz CT molecular complexity index is 404. The Morgan fingerprint density at radius 1 is 0.696 bits per heavy atom. The normalized spacial score (nSPS) is 54.9. The average molecular weight is 342 g/mol. The fourth-order valence-corrected chi connectivity index (χ4v) is 2.86. The third kappa shape index (κ3) is 2.99. The van der Waals surface area contributed by atoms with Crippen molar-refractivity contribution in [2.45, 2.75) is 60.7 Å². The number of aliphatic hydroxyl groups is 9. The van der Waals surface area contributed by atoms with Crippen LogP contribution >= 0.6 is 0 Å². The van der Waals surface area contributed by atoms with Gasteiger partial charge in [0.05, 0.1) is 13.2 Å². The van der Waals surface area contributed by atoms with E-state index in [0.717, 1.165) is 0 Å². The molecule has 2 fully saturated rings. The highest BCUT2D eigenvalue weighted by Gasteiger charge is 2.62. The number of ether oxygens (including phenoxy) is 2. The SMILES string of the molecule is OC[C@H]1O[C@H]([C@]2(O)O[C@H](CO)[C@@H](O)[C@H](O)[C@H]2O)[C@H](O)[C@@H](O)[C@@H]1O. The first-order valence-corrected chi connectivity index (χ1v) is 7.04. The molecule has 136 valence electrons. The summed E-state index contributed by atoms with van der Waals surface area (Å²) in [4.78, 5) is 0. The van der Waals surface area contributed by atoms with Crippen LogP contribution in [0.3, 0.4) is 0 Å². The van der Waals surface area contributed by atoms with E-state index in [1.165, 1.54) is 0 Å². The van der Waals surface area contributed by atoms with E-state index in [4.69, 9.17) is 19.7 Å². The van der Waals surface area contributed by atoms with E-state index < -0.39 is 73.9 Å². The van der Waals surface area contributed by atoms with Crippen LogP contribution in [0.15, 0.2) is 0 Å². The molecule has 2 saturated heterocycles. The van der Waals surface area contributed by atoms with Crippen LogP contribution in [0.25, 0.3) is 0 Å². The topological polar surface area (TPSA) is 201 Å². The highest BCUT2D eigenvalue weighted by molar-refractivity contribution is 5.05. The maximum Gasteiger partial charge on any atom is 0.225 e. The van der Waals surface area contributed by atoms with E-state index in [-0.39, 0.29) is 0 Å². The summed E-state index contributed by atoms with van der Waals surface area (Å²) in [5.41, 5.74) is 0. The van der Waals surface area contributed by atoms with Gasteiger partial charge in [0, 0.05) is 0 Å². The van der Waals surface area contributed by atoms with Crippen LogP contribution in [0, 0.1) is 0 Å². The van der Waals surface area contributed by atoms with Gasteiger partial charge in [-0.05, 0) is 0 Å². The number of hydrogen-bond donors (Lipinski definition) is 9. The minimum absolute atomic E-state index is 0.776. The Morgan fingerprint density at radius 2 is 1.22 bits per heavy atom. The predicted octanol–water partition coefficient (Wildman–Crippen LogP) is -6.01. The predicted molar refractivity (Wildman–Crippen MR) is 68.7 cm³/mol. The zero-order valence-electron chi connectivity index (χ0n) is 12.0. The van der Waals surface area contributed by atoms with Gasteiger partial charge in [0.15, 0.2) is 0 Å². The molecule has 10 atom stereocenters. The molecule has 0 aromatic carbocycles. The van der Waals surface area contributed by atoms with Gasteiger partial charge in [0.1, 0.15) is 54.9 Å². The van der Waals surface area contributed by atoms with Crippen molar-refractivity contribution >= 4 is 0 Å². The molecule has 9 N–H and O–H groups in total. The lowest BCUT2D eigenvalue weighted by molar-refractivity contribution is -0.406. The monoisotopic (exact) mass is 342 g/mol. The molecule has 2 heterocycles. The lowest BCUT2D eigenvalue weighted by atomic mass is 9.83. The molecule has 11 heteroatoms. The second-order valence-electron chi connectivity index (χ2n) is 5.77. The highest BCUT2D eigenvalue weighted by atomic mass is 16.7. The van der Waals surface area contributed by atoms with Crippen molar-refractivity contribution in [1.29, 1.82) is 0 Å². The van der Waals surface area contributed by atoms with E-state index in [0.29, 0.717) is 0 Å². The summed E-state index contributed by atoms with van der Waals surface area (Å²) in [5.74, 6) is -2.82. The molecule has 0 radical (unpaired) electrons. The summed E-state index contributed by atoms with van der Waals surface area (Å²) in [7, 11) is 0. The van der Waals surface area contributed by atoms with E-state index in [2.05, 4.69) is 0 Å². The van der Waals surface area contributed by atoms with Crippen molar-refractivity contribution in [3.8, 4) is 0 Å². The van der Waals surface area contributed by atoms with E-state index in [9.17, 15) is 35.7 Å². The molecule has 0 aromatic rings. The Morgan fingerprint density at radius 3 is 1.74 bits per heavy atom. The zero-order chi connectivity index (χ0) is 17.5.